The van der Waals surface area contributed by atoms with Gasteiger partial charge >= 0.3 is 0 Å². The maximum Gasteiger partial charge on any atom is 0.276 e. The lowest BCUT2D eigenvalue weighted by Crippen LogP contribution is -2.50. The molecule has 0 spiro atoms. The Labute approximate surface area is 131 Å². The zero-order chi connectivity index (χ0) is 14.3. The van der Waals surface area contributed by atoms with Gasteiger partial charge in [-0.3, -0.25) is 4.79 Å². The monoisotopic (exact) mass is 388 g/mol. The number of halogens is 1. The molecule has 3 heterocycles. The number of piperidine rings is 1. The van der Waals surface area contributed by atoms with Crippen LogP contribution in [0.25, 0.3) is 0 Å². The van der Waals surface area contributed by atoms with Crippen LogP contribution in [0.5, 0.6) is 5.75 Å². The minimum absolute atomic E-state index is 0.0936. The Morgan fingerprint density at radius 3 is 2.95 bits per heavy atom. The van der Waals surface area contributed by atoms with Crippen molar-refractivity contribution >= 4 is 28.8 Å². The fraction of sp³-hybridized carbons (Fsp3) is 0.615. The molecular formula is C13H17IN4O2. The van der Waals surface area contributed by atoms with E-state index in [0.717, 1.165) is 32.4 Å². The summed E-state index contributed by atoms with van der Waals surface area (Å²) in [6, 6.07) is 0.668. The Morgan fingerprint density at radius 1 is 1.35 bits per heavy atom. The molecule has 0 aromatic carbocycles. The maximum absolute atomic E-state index is 12.7. The predicted molar refractivity (Wildman–Crippen MR) is 81.6 cm³/mol. The van der Waals surface area contributed by atoms with Crippen molar-refractivity contribution in [2.75, 3.05) is 13.1 Å². The number of fused-ring (bicyclic) bond motifs is 1. The quantitative estimate of drug-likeness (QED) is 0.584. The molecule has 1 aromatic heterocycles. The van der Waals surface area contributed by atoms with Crippen molar-refractivity contribution in [2.24, 2.45) is 0 Å². The average molecular weight is 388 g/mol. The highest BCUT2D eigenvalue weighted by atomic mass is 127. The van der Waals surface area contributed by atoms with Crippen LogP contribution in [0, 0.1) is 6.92 Å². The van der Waals surface area contributed by atoms with Crippen LogP contribution in [0.3, 0.4) is 0 Å². The van der Waals surface area contributed by atoms with E-state index in [1.807, 2.05) is 4.90 Å². The second-order valence-corrected chi connectivity index (χ2v) is 6.58. The zero-order valence-corrected chi connectivity index (χ0v) is 13.4. The van der Waals surface area contributed by atoms with E-state index in [1.54, 1.807) is 6.92 Å². The van der Waals surface area contributed by atoms with Crippen LogP contribution >= 0.6 is 22.9 Å². The van der Waals surface area contributed by atoms with Crippen LogP contribution < -0.4 is 0 Å². The Hall–Kier alpha value is -0.960. The summed E-state index contributed by atoms with van der Waals surface area (Å²) in [6.45, 7) is 3.43. The van der Waals surface area contributed by atoms with Gasteiger partial charge in [0.25, 0.3) is 5.91 Å². The Morgan fingerprint density at radius 2 is 2.15 bits per heavy atom. The molecule has 7 heteroatoms. The molecule has 0 radical (unpaired) electrons. The molecule has 0 saturated carbocycles. The molecule has 1 N–H and O–H groups in total. The van der Waals surface area contributed by atoms with Gasteiger partial charge < -0.3 is 10.0 Å². The number of aromatic nitrogens is 2. The number of aryl methyl sites for hydroxylation is 1. The van der Waals surface area contributed by atoms with E-state index in [1.165, 1.54) is 6.33 Å². The number of rotatable bonds is 1. The van der Waals surface area contributed by atoms with Crippen LogP contribution in [0.1, 0.15) is 35.4 Å². The van der Waals surface area contributed by atoms with Crippen molar-refractivity contribution in [2.45, 2.75) is 38.3 Å². The summed E-state index contributed by atoms with van der Waals surface area (Å²) < 4.78 is 2.30. The highest BCUT2D eigenvalue weighted by Gasteiger charge is 2.42. The van der Waals surface area contributed by atoms with Gasteiger partial charge in [-0.25, -0.2) is 13.1 Å². The number of hydrogen-bond acceptors (Lipinski definition) is 5. The van der Waals surface area contributed by atoms with Gasteiger partial charge in [-0.1, -0.05) is 0 Å². The summed E-state index contributed by atoms with van der Waals surface area (Å²) in [5, 5.41) is 10.0. The summed E-state index contributed by atoms with van der Waals surface area (Å²) in [7, 11) is 0. The first-order chi connectivity index (χ1) is 9.59. The van der Waals surface area contributed by atoms with Crippen molar-refractivity contribution in [1.82, 2.24) is 18.0 Å². The minimum atomic E-state index is -0.172. The summed E-state index contributed by atoms with van der Waals surface area (Å²) in [5.41, 5.74) is 0.573. The second kappa shape index (κ2) is 5.44. The molecule has 2 fully saturated rings. The molecule has 0 bridgehead atoms. The molecule has 1 aromatic rings. The Bertz CT molecular complexity index is 539. The molecule has 108 valence electrons. The van der Waals surface area contributed by atoms with Gasteiger partial charge in [-0.05, 0) is 26.2 Å². The molecule has 0 unspecified atom stereocenters. The minimum Gasteiger partial charge on any atom is -0.504 e. The number of nitrogens with zero attached hydrogens (tertiary/aromatic N) is 4. The third kappa shape index (κ3) is 2.26. The van der Waals surface area contributed by atoms with E-state index in [9.17, 15) is 9.90 Å². The van der Waals surface area contributed by atoms with E-state index in [0.29, 0.717) is 11.7 Å². The topological polar surface area (TPSA) is 69.6 Å². The lowest BCUT2D eigenvalue weighted by atomic mass is 9.97. The zero-order valence-electron chi connectivity index (χ0n) is 11.3. The fourth-order valence-electron chi connectivity index (χ4n) is 3.14. The Kier molecular flexibility index (Phi) is 3.80. The number of amides is 1. The van der Waals surface area contributed by atoms with Crippen molar-refractivity contribution in [1.29, 1.82) is 0 Å². The van der Waals surface area contributed by atoms with Crippen molar-refractivity contribution in [3.05, 3.63) is 17.7 Å². The highest BCUT2D eigenvalue weighted by Crippen LogP contribution is 2.34. The number of carbonyl (C=O) groups is 1. The molecule has 6 nitrogen and oxygen atoms in total. The molecule has 2 aliphatic heterocycles. The smallest absolute Gasteiger partial charge is 0.276 e. The van der Waals surface area contributed by atoms with Crippen molar-refractivity contribution in [3.8, 4) is 5.75 Å². The largest absolute Gasteiger partial charge is 0.504 e. The third-order valence-corrected chi connectivity index (χ3v) is 5.41. The van der Waals surface area contributed by atoms with Crippen LogP contribution in [0.2, 0.25) is 0 Å². The molecule has 2 atom stereocenters. The summed E-state index contributed by atoms with van der Waals surface area (Å²) >= 11 is 2.35. The predicted octanol–water partition coefficient (Wildman–Crippen LogP) is 1.52. The van der Waals surface area contributed by atoms with Crippen LogP contribution in [0.15, 0.2) is 6.33 Å². The molecular weight excluding hydrogens is 371 g/mol. The molecule has 2 saturated heterocycles. The van der Waals surface area contributed by atoms with Crippen LogP contribution in [0.4, 0.5) is 0 Å². The highest BCUT2D eigenvalue weighted by molar-refractivity contribution is 14.1. The van der Waals surface area contributed by atoms with E-state index in [-0.39, 0.29) is 23.4 Å². The fourth-order valence-corrected chi connectivity index (χ4v) is 4.07. The maximum atomic E-state index is 12.7. The van der Waals surface area contributed by atoms with E-state index >= 15 is 0 Å². The number of likely N-dealkylation sites (tertiary alicyclic amines) is 1. The molecule has 3 rings (SSSR count). The SMILES string of the molecule is Cc1ncnc(C(=O)N2CCC[C@H]3[C@H]2CCN3I)c1O. The van der Waals surface area contributed by atoms with Gasteiger partial charge in [-0.2, -0.15) is 0 Å². The van der Waals surface area contributed by atoms with Gasteiger partial charge in [0.05, 0.1) is 5.69 Å². The first kappa shape index (κ1) is 14.0. The molecule has 2 aliphatic rings. The number of aromatic hydroxyl groups is 1. The van der Waals surface area contributed by atoms with Crippen LogP contribution in [-0.4, -0.2) is 54.2 Å². The normalized spacial score (nSPS) is 26.6. The summed E-state index contributed by atoms with van der Waals surface area (Å²) in [5.74, 6) is -0.265. The lowest BCUT2D eigenvalue weighted by molar-refractivity contribution is 0.0570. The van der Waals surface area contributed by atoms with E-state index < -0.39 is 0 Å². The molecule has 0 aliphatic carbocycles. The van der Waals surface area contributed by atoms with Gasteiger partial charge in [0.2, 0.25) is 0 Å². The third-order valence-electron chi connectivity index (χ3n) is 4.21. The molecule has 1 amide bonds. The standard InChI is InChI=1S/C13H17IN4O2/c1-8-12(19)11(16-7-15-8)13(20)17-5-2-3-10-9(17)4-6-18(10)14/h7,9-10,19H,2-6H2,1H3/t9-,10+/m1/s1. The van der Waals surface area contributed by atoms with E-state index in [2.05, 4.69) is 35.9 Å². The van der Waals surface area contributed by atoms with Gasteiger partial charge in [-0.15, -0.1) is 0 Å². The van der Waals surface area contributed by atoms with Crippen molar-refractivity contribution in [3.63, 3.8) is 0 Å². The summed E-state index contributed by atoms with van der Waals surface area (Å²) in [4.78, 5) is 22.4. The second-order valence-electron chi connectivity index (χ2n) is 5.34. The van der Waals surface area contributed by atoms with E-state index in [4.69, 9.17) is 0 Å². The Balaban J connectivity index is 1.88. The van der Waals surface area contributed by atoms with Gasteiger partial charge in [0.1, 0.15) is 6.33 Å². The lowest BCUT2D eigenvalue weighted by Gasteiger charge is -2.38. The van der Waals surface area contributed by atoms with Crippen molar-refractivity contribution < 1.29 is 9.90 Å². The first-order valence-electron chi connectivity index (χ1n) is 6.83. The van der Waals surface area contributed by atoms with Gasteiger partial charge in [0, 0.05) is 48.0 Å². The summed E-state index contributed by atoms with van der Waals surface area (Å²) in [6.07, 6.45) is 4.45. The number of hydrogen-bond donors (Lipinski definition) is 1. The van der Waals surface area contributed by atoms with Gasteiger partial charge in [0.15, 0.2) is 11.4 Å². The molecule has 20 heavy (non-hydrogen) atoms. The van der Waals surface area contributed by atoms with Crippen LogP contribution in [-0.2, 0) is 0 Å². The number of carbonyl (C=O) groups excluding carboxylic acids is 1. The average Bonchev–Trinajstić information content (AvgIpc) is 2.83. The first-order valence-corrected chi connectivity index (χ1v) is 7.80.